The number of alkyl halides is 2. The Morgan fingerprint density at radius 3 is 2.65 bits per heavy atom. The summed E-state index contributed by atoms with van der Waals surface area (Å²) in [6.45, 7) is 0.631. The minimum absolute atomic E-state index is 0.107. The monoisotopic (exact) mass is 310 g/mol. The zero-order valence-electron chi connectivity index (χ0n) is 11.2. The lowest BCUT2D eigenvalue weighted by Gasteiger charge is -2.07. The molecule has 0 fully saturated rings. The van der Waals surface area contributed by atoms with Crippen LogP contribution in [0, 0.1) is 6.92 Å². The number of ether oxygens (including phenoxy) is 2. The Balaban J connectivity index is 2.59. The Kier molecular flexibility index (Phi) is 6.21. The highest BCUT2D eigenvalue weighted by molar-refractivity contribution is 7.90. The van der Waals surface area contributed by atoms with Crippen molar-refractivity contribution in [1.29, 1.82) is 0 Å². The van der Waals surface area contributed by atoms with Gasteiger partial charge in [0.05, 0.1) is 19.5 Å². The topological polar surface area (TPSA) is 78.4 Å². The highest BCUT2D eigenvalue weighted by atomic mass is 32.2. The highest BCUT2D eigenvalue weighted by Gasteiger charge is 2.16. The second kappa shape index (κ2) is 7.44. The number of rotatable bonds is 8. The Bertz CT molecular complexity index is 537. The number of methoxy groups -OCH3 is 1. The van der Waals surface area contributed by atoms with E-state index in [1.54, 1.807) is 13.0 Å². The normalized spacial score (nSPS) is 11.8. The fourth-order valence-electron chi connectivity index (χ4n) is 1.40. The summed E-state index contributed by atoms with van der Waals surface area (Å²) >= 11 is 0. The number of sulfone groups is 1. The summed E-state index contributed by atoms with van der Waals surface area (Å²) in [4.78, 5) is 7.91. The van der Waals surface area contributed by atoms with Crippen molar-refractivity contribution in [3.63, 3.8) is 0 Å². The first-order chi connectivity index (χ1) is 9.32. The Morgan fingerprint density at radius 1 is 1.35 bits per heavy atom. The third-order valence-electron chi connectivity index (χ3n) is 2.22. The molecule has 0 aromatic carbocycles. The smallest absolute Gasteiger partial charge is 0.261 e. The minimum Gasteiger partial charge on any atom is -0.481 e. The van der Waals surface area contributed by atoms with Crippen molar-refractivity contribution in [2.45, 2.75) is 19.1 Å². The minimum atomic E-state index is -3.52. The summed E-state index contributed by atoms with van der Waals surface area (Å²) in [7, 11) is -2.11. The van der Waals surface area contributed by atoms with Gasteiger partial charge in [-0.1, -0.05) is 0 Å². The number of halogens is 2. The molecule has 0 aliphatic heterocycles. The molecule has 0 radical (unpaired) electrons. The zero-order valence-corrected chi connectivity index (χ0v) is 12.0. The lowest BCUT2D eigenvalue weighted by atomic mass is 10.4. The van der Waals surface area contributed by atoms with E-state index in [2.05, 4.69) is 14.7 Å². The lowest BCUT2D eigenvalue weighted by molar-refractivity contribution is 0.0233. The predicted octanol–water partition coefficient (Wildman–Crippen LogP) is 0.990. The van der Waals surface area contributed by atoms with Crippen molar-refractivity contribution in [3.05, 3.63) is 17.6 Å². The van der Waals surface area contributed by atoms with E-state index in [0.29, 0.717) is 5.69 Å². The number of hydrogen-bond acceptors (Lipinski definition) is 6. The maximum absolute atomic E-state index is 11.8. The Labute approximate surface area is 116 Å². The van der Waals surface area contributed by atoms with Crippen molar-refractivity contribution >= 4 is 9.84 Å². The second-order valence-electron chi connectivity index (χ2n) is 4.03. The van der Waals surface area contributed by atoms with Gasteiger partial charge in [0.25, 0.3) is 6.43 Å². The SMILES string of the molecule is COc1cc(C)nc(CS(=O)(=O)CCOCC(F)F)n1. The third kappa shape index (κ3) is 6.20. The van der Waals surface area contributed by atoms with Crippen LogP contribution in [0.15, 0.2) is 6.07 Å². The summed E-state index contributed by atoms with van der Waals surface area (Å²) < 4.78 is 56.6. The fraction of sp³-hybridized carbons (Fsp3) is 0.636. The fourth-order valence-corrected chi connectivity index (χ4v) is 2.43. The van der Waals surface area contributed by atoms with E-state index in [0.717, 1.165) is 0 Å². The van der Waals surface area contributed by atoms with Gasteiger partial charge in [0.1, 0.15) is 18.2 Å². The number of hydrogen-bond donors (Lipinski definition) is 0. The first kappa shape index (κ1) is 16.7. The number of aromatic nitrogens is 2. The lowest BCUT2D eigenvalue weighted by Crippen LogP contribution is -2.17. The molecule has 0 spiro atoms. The van der Waals surface area contributed by atoms with Gasteiger partial charge in [-0.15, -0.1) is 0 Å². The standard InChI is InChI=1S/C11H16F2N2O4S/c1-8-5-11(18-2)15-10(14-8)7-20(16,17)4-3-19-6-9(12)13/h5,9H,3-4,6-7H2,1-2H3. The highest BCUT2D eigenvalue weighted by Crippen LogP contribution is 2.10. The van der Waals surface area contributed by atoms with Crippen molar-refractivity contribution < 1.29 is 26.7 Å². The van der Waals surface area contributed by atoms with Gasteiger partial charge in [-0.2, -0.15) is 4.98 Å². The van der Waals surface area contributed by atoms with Crippen molar-refractivity contribution in [1.82, 2.24) is 9.97 Å². The molecule has 0 aliphatic carbocycles. The molecule has 0 atom stereocenters. The van der Waals surface area contributed by atoms with E-state index in [1.807, 2.05) is 0 Å². The van der Waals surface area contributed by atoms with Crippen LogP contribution in [0.3, 0.4) is 0 Å². The quantitative estimate of drug-likeness (QED) is 0.666. The Morgan fingerprint density at radius 2 is 2.05 bits per heavy atom. The van der Waals surface area contributed by atoms with E-state index in [9.17, 15) is 17.2 Å². The molecule has 9 heteroatoms. The molecule has 1 aromatic heterocycles. The molecule has 0 bridgehead atoms. The zero-order chi connectivity index (χ0) is 15.2. The van der Waals surface area contributed by atoms with E-state index in [4.69, 9.17) is 4.74 Å². The molecule has 1 aromatic rings. The molecule has 0 amide bonds. The second-order valence-corrected chi connectivity index (χ2v) is 6.21. The van der Waals surface area contributed by atoms with Crippen molar-refractivity contribution in [2.24, 2.45) is 0 Å². The van der Waals surface area contributed by atoms with Crippen molar-refractivity contribution in [3.8, 4) is 5.88 Å². The van der Waals surface area contributed by atoms with Crippen LogP contribution in [-0.2, 0) is 20.3 Å². The van der Waals surface area contributed by atoms with Gasteiger partial charge in [-0.05, 0) is 6.92 Å². The van der Waals surface area contributed by atoms with Crippen LogP contribution in [0.5, 0.6) is 5.88 Å². The summed E-state index contributed by atoms with van der Waals surface area (Å²) in [6.07, 6.45) is -2.61. The molecular formula is C11H16F2N2O4S. The summed E-state index contributed by atoms with van der Waals surface area (Å²) in [5.41, 5.74) is 0.580. The van der Waals surface area contributed by atoms with Gasteiger partial charge in [0, 0.05) is 11.8 Å². The van der Waals surface area contributed by atoms with Gasteiger partial charge in [0.15, 0.2) is 9.84 Å². The first-order valence-corrected chi connectivity index (χ1v) is 7.59. The Hall–Kier alpha value is -1.35. The van der Waals surface area contributed by atoms with E-state index in [-0.39, 0.29) is 29.8 Å². The number of aryl methyl sites for hydroxylation is 1. The van der Waals surface area contributed by atoms with Gasteiger partial charge in [-0.3, -0.25) is 0 Å². The molecule has 1 rings (SSSR count). The molecule has 6 nitrogen and oxygen atoms in total. The molecule has 0 saturated heterocycles. The summed E-state index contributed by atoms with van der Waals surface area (Å²) in [5, 5.41) is 0. The van der Waals surface area contributed by atoms with Crippen LogP contribution in [0.4, 0.5) is 8.78 Å². The number of nitrogens with zero attached hydrogens (tertiary/aromatic N) is 2. The van der Waals surface area contributed by atoms with Gasteiger partial charge < -0.3 is 9.47 Å². The average Bonchev–Trinajstić information content (AvgIpc) is 2.33. The van der Waals surface area contributed by atoms with E-state index in [1.165, 1.54) is 7.11 Å². The van der Waals surface area contributed by atoms with Gasteiger partial charge in [-0.25, -0.2) is 22.2 Å². The van der Waals surface area contributed by atoms with Crippen LogP contribution in [0.1, 0.15) is 11.5 Å². The predicted molar refractivity (Wildman–Crippen MR) is 67.6 cm³/mol. The molecule has 0 saturated carbocycles. The molecule has 0 unspecified atom stereocenters. The van der Waals surface area contributed by atoms with Crippen LogP contribution in [0.2, 0.25) is 0 Å². The third-order valence-corrected chi connectivity index (χ3v) is 3.70. The first-order valence-electron chi connectivity index (χ1n) is 5.77. The maximum Gasteiger partial charge on any atom is 0.261 e. The molecule has 1 heterocycles. The van der Waals surface area contributed by atoms with E-state index < -0.39 is 22.9 Å². The largest absolute Gasteiger partial charge is 0.481 e. The molecule has 114 valence electrons. The molecule has 0 N–H and O–H groups in total. The summed E-state index contributed by atoms with van der Waals surface area (Å²) in [5.74, 6) is -0.366. The average molecular weight is 310 g/mol. The van der Waals surface area contributed by atoms with Gasteiger partial charge in [0.2, 0.25) is 5.88 Å². The van der Waals surface area contributed by atoms with Crippen LogP contribution in [0.25, 0.3) is 0 Å². The summed E-state index contributed by atoms with van der Waals surface area (Å²) in [6, 6.07) is 1.57. The van der Waals surface area contributed by atoms with E-state index >= 15 is 0 Å². The van der Waals surface area contributed by atoms with Crippen LogP contribution >= 0.6 is 0 Å². The molecular weight excluding hydrogens is 294 g/mol. The van der Waals surface area contributed by atoms with Crippen LogP contribution < -0.4 is 4.74 Å². The van der Waals surface area contributed by atoms with Crippen LogP contribution in [-0.4, -0.2) is 50.9 Å². The molecule has 20 heavy (non-hydrogen) atoms. The molecule has 0 aliphatic rings. The van der Waals surface area contributed by atoms with Gasteiger partial charge >= 0.3 is 0 Å². The van der Waals surface area contributed by atoms with Crippen molar-refractivity contribution in [2.75, 3.05) is 26.1 Å². The maximum atomic E-state index is 11.8.